The molecule has 6 nitrogen and oxygen atoms in total. The molecule has 3 aromatic rings. The van der Waals surface area contributed by atoms with Crippen molar-refractivity contribution in [2.45, 2.75) is 25.8 Å². The highest BCUT2D eigenvalue weighted by molar-refractivity contribution is 5.80. The van der Waals surface area contributed by atoms with Crippen molar-refractivity contribution in [3.63, 3.8) is 0 Å². The van der Waals surface area contributed by atoms with Gasteiger partial charge in [-0.1, -0.05) is 12.1 Å². The van der Waals surface area contributed by atoms with Gasteiger partial charge in [-0.15, -0.1) is 0 Å². The van der Waals surface area contributed by atoms with Crippen molar-refractivity contribution in [2.75, 3.05) is 14.2 Å². The van der Waals surface area contributed by atoms with Crippen molar-refractivity contribution >= 4 is 5.91 Å². The Kier molecular flexibility index (Phi) is 5.51. The van der Waals surface area contributed by atoms with Crippen LogP contribution in [0.1, 0.15) is 23.2 Å². The van der Waals surface area contributed by atoms with E-state index >= 15 is 0 Å². The minimum absolute atomic E-state index is 0.0530. The molecule has 1 aromatic heterocycles. The van der Waals surface area contributed by atoms with Crippen molar-refractivity contribution in [2.24, 2.45) is 5.92 Å². The van der Waals surface area contributed by atoms with Crippen LogP contribution in [-0.2, 0) is 24.2 Å². The first-order valence-electron chi connectivity index (χ1n) is 9.79. The van der Waals surface area contributed by atoms with Crippen LogP contribution in [0.4, 0.5) is 0 Å². The minimum Gasteiger partial charge on any atom is -0.497 e. The van der Waals surface area contributed by atoms with Crippen molar-refractivity contribution in [1.82, 2.24) is 15.5 Å². The summed E-state index contributed by atoms with van der Waals surface area (Å²) in [7, 11) is 3.29. The topological polar surface area (TPSA) is 76.2 Å². The summed E-state index contributed by atoms with van der Waals surface area (Å²) in [5, 5.41) is 10.8. The Balaban J connectivity index is 1.44. The van der Waals surface area contributed by atoms with E-state index in [9.17, 15) is 4.79 Å². The summed E-state index contributed by atoms with van der Waals surface area (Å²) in [4.78, 5) is 12.8. The number of carbonyl (C=O) groups is 1. The van der Waals surface area contributed by atoms with E-state index in [1.807, 2.05) is 48.5 Å². The average Bonchev–Trinajstić information content (AvgIpc) is 3.21. The number of methoxy groups -OCH3 is 2. The summed E-state index contributed by atoms with van der Waals surface area (Å²) in [6.07, 6.45) is 2.34. The highest BCUT2D eigenvalue weighted by Crippen LogP contribution is 2.32. The summed E-state index contributed by atoms with van der Waals surface area (Å²) in [5.41, 5.74) is 5.25. The Bertz CT molecular complexity index is 995. The number of H-pyrrole nitrogens is 1. The van der Waals surface area contributed by atoms with E-state index < -0.39 is 0 Å². The SMILES string of the molecule is COc1ccc(-c2n[nH]c3c2C[C@@H](C(=O)NCc2cccc(OC)c2)CC3)cc1. The lowest BCUT2D eigenvalue weighted by molar-refractivity contribution is -0.125. The van der Waals surface area contributed by atoms with E-state index in [0.717, 1.165) is 52.4 Å². The van der Waals surface area contributed by atoms with Crippen LogP contribution < -0.4 is 14.8 Å². The number of nitrogens with zero attached hydrogens (tertiary/aromatic N) is 1. The summed E-state index contributed by atoms with van der Waals surface area (Å²) in [6, 6.07) is 15.6. The molecule has 0 unspecified atom stereocenters. The van der Waals surface area contributed by atoms with E-state index in [4.69, 9.17) is 9.47 Å². The van der Waals surface area contributed by atoms with Crippen molar-refractivity contribution in [3.8, 4) is 22.8 Å². The first kappa shape index (κ1) is 19.1. The predicted octanol–water partition coefficient (Wildman–Crippen LogP) is 3.52. The standard InChI is InChI=1S/C23H25N3O3/c1-28-18-9-6-16(7-10-18)22-20-13-17(8-11-21(20)25-26-22)23(27)24-14-15-4-3-5-19(12-15)29-2/h3-7,9-10,12,17H,8,11,13-14H2,1-2H3,(H,24,27)(H,25,26)/t17-/m0/s1. The van der Waals surface area contributed by atoms with Crippen LogP contribution in [0.15, 0.2) is 48.5 Å². The molecule has 150 valence electrons. The highest BCUT2D eigenvalue weighted by atomic mass is 16.5. The number of hydrogen-bond acceptors (Lipinski definition) is 4. The molecule has 1 heterocycles. The summed E-state index contributed by atoms with van der Waals surface area (Å²) < 4.78 is 10.5. The fourth-order valence-corrected chi connectivity index (χ4v) is 3.82. The lowest BCUT2D eigenvalue weighted by Crippen LogP contribution is -2.33. The molecule has 0 aliphatic heterocycles. The van der Waals surface area contributed by atoms with E-state index in [2.05, 4.69) is 15.5 Å². The number of rotatable bonds is 6. The fraction of sp³-hybridized carbons (Fsp3) is 0.304. The first-order chi connectivity index (χ1) is 14.2. The maximum Gasteiger partial charge on any atom is 0.223 e. The molecule has 1 atom stereocenters. The molecule has 0 radical (unpaired) electrons. The largest absolute Gasteiger partial charge is 0.497 e. The number of carbonyl (C=O) groups excluding carboxylic acids is 1. The Morgan fingerprint density at radius 1 is 1.14 bits per heavy atom. The van der Waals surface area contributed by atoms with Gasteiger partial charge in [-0.05, 0) is 61.2 Å². The van der Waals surface area contributed by atoms with Gasteiger partial charge in [0, 0.05) is 29.3 Å². The third-order valence-corrected chi connectivity index (χ3v) is 5.48. The maximum absolute atomic E-state index is 12.8. The second-order valence-electron chi connectivity index (χ2n) is 7.27. The number of aromatic nitrogens is 2. The first-order valence-corrected chi connectivity index (χ1v) is 9.79. The van der Waals surface area contributed by atoms with Crippen LogP contribution in [0.3, 0.4) is 0 Å². The third-order valence-electron chi connectivity index (χ3n) is 5.48. The van der Waals surface area contributed by atoms with Crippen LogP contribution in [0.5, 0.6) is 11.5 Å². The number of ether oxygens (including phenoxy) is 2. The Hall–Kier alpha value is -3.28. The van der Waals surface area contributed by atoms with Gasteiger partial charge < -0.3 is 14.8 Å². The molecule has 0 saturated carbocycles. The van der Waals surface area contributed by atoms with Crippen molar-refractivity contribution < 1.29 is 14.3 Å². The Morgan fingerprint density at radius 2 is 1.93 bits per heavy atom. The normalized spacial score (nSPS) is 15.4. The molecule has 6 heteroatoms. The second-order valence-corrected chi connectivity index (χ2v) is 7.27. The minimum atomic E-state index is -0.0530. The molecule has 29 heavy (non-hydrogen) atoms. The second kappa shape index (κ2) is 8.39. The molecule has 2 N–H and O–H groups in total. The number of hydrogen-bond donors (Lipinski definition) is 2. The molecule has 4 rings (SSSR count). The fourth-order valence-electron chi connectivity index (χ4n) is 3.82. The number of amides is 1. The number of aryl methyl sites for hydroxylation is 1. The lowest BCUT2D eigenvalue weighted by Gasteiger charge is -2.22. The Labute approximate surface area is 170 Å². The molecule has 0 fully saturated rings. The maximum atomic E-state index is 12.8. The van der Waals surface area contributed by atoms with Gasteiger partial charge in [0.25, 0.3) is 0 Å². The van der Waals surface area contributed by atoms with Gasteiger partial charge in [0.2, 0.25) is 5.91 Å². The zero-order valence-corrected chi connectivity index (χ0v) is 16.7. The van der Waals surface area contributed by atoms with Gasteiger partial charge in [-0.25, -0.2) is 0 Å². The molecule has 2 aromatic carbocycles. The molecular formula is C23H25N3O3. The van der Waals surface area contributed by atoms with Crippen molar-refractivity contribution in [1.29, 1.82) is 0 Å². The number of benzene rings is 2. The van der Waals surface area contributed by atoms with Gasteiger partial charge in [0.1, 0.15) is 11.5 Å². The average molecular weight is 391 g/mol. The van der Waals surface area contributed by atoms with Crippen molar-refractivity contribution in [3.05, 3.63) is 65.4 Å². The number of fused-ring (bicyclic) bond motifs is 1. The van der Waals surface area contributed by atoms with Gasteiger partial charge in [0.05, 0.1) is 19.9 Å². The molecule has 1 amide bonds. The molecule has 1 aliphatic rings. The molecular weight excluding hydrogens is 366 g/mol. The van der Waals surface area contributed by atoms with Crippen LogP contribution in [-0.4, -0.2) is 30.3 Å². The van der Waals surface area contributed by atoms with Gasteiger partial charge in [0.15, 0.2) is 0 Å². The summed E-state index contributed by atoms with van der Waals surface area (Å²) in [5.74, 6) is 1.64. The summed E-state index contributed by atoms with van der Waals surface area (Å²) in [6.45, 7) is 0.496. The molecule has 0 spiro atoms. The van der Waals surface area contributed by atoms with E-state index in [1.165, 1.54) is 0 Å². The zero-order valence-electron chi connectivity index (χ0n) is 16.7. The molecule has 0 bridgehead atoms. The van der Waals surface area contributed by atoms with Crippen LogP contribution >= 0.6 is 0 Å². The van der Waals surface area contributed by atoms with Gasteiger partial charge >= 0.3 is 0 Å². The third kappa shape index (κ3) is 4.11. The highest BCUT2D eigenvalue weighted by Gasteiger charge is 2.28. The zero-order chi connectivity index (χ0) is 20.2. The van der Waals surface area contributed by atoms with Crippen LogP contribution in [0, 0.1) is 5.92 Å². The smallest absolute Gasteiger partial charge is 0.223 e. The van der Waals surface area contributed by atoms with E-state index in [0.29, 0.717) is 13.0 Å². The lowest BCUT2D eigenvalue weighted by atomic mass is 9.85. The number of aromatic amines is 1. The quantitative estimate of drug-likeness (QED) is 0.674. The van der Waals surface area contributed by atoms with Crippen LogP contribution in [0.2, 0.25) is 0 Å². The van der Waals surface area contributed by atoms with Crippen LogP contribution in [0.25, 0.3) is 11.3 Å². The predicted molar refractivity (Wildman–Crippen MR) is 111 cm³/mol. The Morgan fingerprint density at radius 3 is 2.69 bits per heavy atom. The van der Waals surface area contributed by atoms with Gasteiger partial charge in [-0.3, -0.25) is 9.89 Å². The number of nitrogens with one attached hydrogen (secondary N) is 2. The van der Waals surface area contributed by atoms with E-state index in [1.54, 1.807) is 14.2 Å². The molecule has 1 aliphatic carbocycles. The van der Waals surface area contributed by atoms with Gasteiger partial charge in [-0.2, -0.15) is 5.10 Å². The van der Waals surface area contributed by atoms with E-state index in [-0.39, 0.29) is 11.8 Å². The summed E-state index contributed by atoms with van der Waals surface area (Å²) >= 11 is 0. The molecule has 0 saturated heterocycles. The monoisotopic (exact) mass is 391 g/mol.